The predicted molar refractivity (Wildman–Crippen MR) is 58.3 cm³/mol. The molecule has 6 nitrogen and oxygen atoms in total. The number of aromatic nitrogens is 5. The first-order valence-electron chi connectivity index (χ1n) is 5.41. The lowest BCUT2D eigenvalue weighted by Gasteiger charge is -2.29. The topological polar surface area (TPSA) is 62.6 Å². The molecule has 16 heavy (non-hydrogen) atoms. The van der Waals surface area contributed by atoms with E-state index in [2.05, 4.69) is 51.9 Å². The van der Waals surface area contributed by atoms with Crippen LogP contribution in [0.15, 0.2) is 12.4 Å². The number of nitrogens with zero attached hydrogens (tertiary/aromatic N) is 5. The van der Waals surface area contributed by atoms with Gasteiger partial charge in [-0.1, -0.05) is 5.10 Å². The highest BCUT2D eigenvalue weighted by atomic mass is 15.5. The van der Waals surface area contributed by atoms with Crippen LogP contribution in [0.2, 0.25) is 0 Å². The quantitative estimate of drug-likeness (QED) is 0.758. The van der Waals surface area contributed by atoms with Gasteiger partial charge in [-0.2, -0.15) is 0 Å². The van der Waals surface area contributed by atoms with E-state index in [9.17, 15) is 0 Å². The first kappa shape index (κ1) is 9.53. The minimum atomic E-state index is 0.459. The lowest BCUT2D eigenvalue weighted by atomic mass is 9.99. The molecule has 2 aromatic rings. The second-order valence-electron chi connectivity index (χ2n) is 4.28. The summed E-state index contributed by atoms with van der Waals surface area (Å²) in [4.78, 5) is 2.35. The van der Waals surface area contributed by atoms with Crippen LogP contribution in [0, 0.1) is 0 Å². The molecule has 3 rings (SSSR count). The van der Waals surface area contributed by atoms with Crippen molar-refractivity contribution in [2.75, 3.05) is 13.6 Å². The molecule has 0 bridgehead atoms. The molecule has 6 heteroatoms. The SMILES string of the molecule is CC1c2cn(-c3nnn[nH]3)cc2CCN1C. The Balaban J connectivity index is 2.04. The molecule has 1 N–H and O–H groups in total. The van der Waals surface area contributed by atoms with Crippen LogP contribution in [-0.4, -0.2) is 43.7 Å². The van der Waals surface area contributed by atoms with E-state index >= 15 is 0 Å². The molecule has 1 atom stereocenters. The van der Waals surface area contributed by atoms with Gasteiger partial charge in [0.1, 0.15) is 0 Å². The summed E-state index contributed by atoms with van der Waals surface area (Å²) in [5.41, 5.74) is 2.76. The monoisotopic (exact) mass is 218 g/mol. The number of tetrazole rings is 1. The first-order chi connectivity index (χ1) is 7.75. The molecule has 2 aromatic heterocycles. The summed E-state index contributed by atoms with van der Waals surface area (Å²) in [5.74, 6) is 0.671. The molecular weight excluding hydrogens is 204 g/mol. The van der Waals surface area contributed by atoms with Crippen molar-refractivity contribution in [1.29, 1.82) is 0 Å². The highest BCUT2D eigenvalue weighted by Crippen LogP contribution is 2.29. The van der Waals surface area contributed by atoms with Crippen LogP contribution in [0.1, 0.15) is 24.1 Å². The minimum absolute atomic E-state index is 0.459. The maximum absolute atomic E-state index is 3.91. The third kappa shape index (κ3) is 1.34. The van der Waals surface area contributed by atoms with Crippen molar-refractivity contribution >= 4 is 0 Å². The van der Waals surface area contributed by atoms with Crippen LogP contribution >= 0.6 is 0 Å². The number of aromatic amines is 1. The van der Waals surface area contributed by atoms with Crippen LogP contribution in [-0.2, 0) is 6.42 Å². The Hall–Kier alpha value is -1.69. The van der Waals surface area contributed by atoms with Gasteiger partial charge in [-0.15, -0.1) is 0 Å². The number of likely N-dealkylation sites (N-methyl/N-ethyl adjacent to an activating group) is 1. The third-order valence-corrected chi connectivity index (χ3v) is 3.37. The van der Waals surface area contributed by atoms with Gasteiger partial charge in [0.15, 0.2) is 0 Å². The van der Waals surface area contributed by atoms with Crippen molar-refractivity contribution in [2.24, 2.45) is 0 Å². The molecule has 0 aromatic carbocycles. The Morgan fingerprint density at radius 2 is 2.31 bits per heavy atom. The van der Waals surface area contributed by atoms with Crippen LogP contribution in [0.5, 0.6) is 0 Å². The molecule has 0 saturated carbocycles. The molecular formula is C10H14N6. The zero-order valence-corrected chi connectivity index (χ0v) is 9.38. The molecule has 1 aliphatic heterocycles. The summed E-state index contributed by atoms with van der Waals surface area (Å²) in [6.07, 6.45) is 5.31. The van der Waals surface area contributed by atoms with Gasteiger partial charge in [0.25, 0.3) is 5.95 Å². The Labute approximate surface area is 93.3 Å². The van der Waals surface area contributed by atoms with E-state index in [1.807, 2.05) is 4.57 Å². The molecule has 0 radical (unpaired) electrons. The minimum Gasteiger partial charge on any atom is -0.299 e. The third-order valence-electron chi connectivity index (χ3n) is 3.37. The van der Waals surface area contributed by atoms with Gasteiger partial charge in [0.2, 0.25) is 0 Å². The normalized spacial score (nSPS) is 21.0. The summed E-state index contributed by atoms with van der Waals surface area (Å²) in [5, 5.41) is 13.8. The molecule has 1 aliphatic rings. The average molecular weight is 218 g/mol. The van der Waals surface area contributed by atoms with E-state index in [4.69, 9.17) is 0 Å². The van der Waals surface area contributed by atoms with Crippen LogP contribution in [0.3, 0.4) is 0 Å². The van der Waals surface area contributed by atoms with E-state index in [1.165, 1.54) is 11.1 Å². The van der Waals surface area contributed by atoms with E-state index < -0.39 is 0 Å². The first-order valence-corrected chi connectivity index (χ1v) is 5.41. The van der Waals surface area contributed by atoms with Crippen LogP contribution in [0.4, 0.5) is 0 Å². The summed E-state index contributed by atoms with van der Waals surface area (Å²) in [6, 6.07) is 0.459. The molecule has 0 aliphatic carbocycles. The lowest BCUT2D eigenvalue weighted by molar-refractivity contribution is 0.248. The van der Waals surface area contributed by atoms with E-state index in [1.54, 1.807) is 0 Å². The summed E-state index contributed by atoms with van der Waals surface area (Å²) in [7, 11) is 2.15. The predicted octanol–water partition coefficient (Wildman–Crippen LogP) is 0.539. The second kappa shape index (κ2) is 3.41. The van der Waals surface area contributed by atoms with Crippen molar-refractivity contribution in [3.63, 3.8) is 0 Å². The largest absolute Gasteiger partial charge is 0.299 e. The smallest absolute Gasteiger partial charge is 0.251 e. The fraction of sp³-hybridized carbons (Fsp3) is 0.500. The van der Waals surface area contributed by atoms with Crippen LogP contribution in [0.25, 0.3) is 5.95 Å². The van der Waals surface area contributed by atoms with Crippen molar-refractivity contribution in [1.82, 2.24) is 30.1 Å². The van der Waals surface area contributed by atoms with Gasteiger partial charge >= 0.3 is 0 Å². The summed E-state index contributed by atoms with van der Waals surface area (Å²) < 4.78 is 1.96. The Morgan fingerprint density at radius 1 is 1.44 bits per heavy atom. The number of hydrogen-bond donors (Lipinski definition) is 1. The lowest BCUT2D eigenvalue weighted by Crippen LogP contribution is -2.29. The zero-order chi connectivity index (χ0) is 11.1. The standard InChI is InChI=1S/C10H14N6/c1-7-9-6-16(10-11-13-14-12-10)5-8(9)3-4-15(7)2/h5-7H,3-4H2,1-2H3,(H,11,12,13,14). The molecule has 84 valence electrons. The maximum Gasteiger partial charge on any atom is 0.251 e. The van der Waals surface area contributed by atoms with Crippen molar-refractivity contribution in [3.8, 4) is 5.95 Å². The van der Waals surface area contributed by atoms with E-state index in [0.29, 0.717) is 12.0 Å². The van der Waals surface area contributed by atoms with Gasteiger partial charge < -0.3 is 0 Å². The fourth-order valence-electron chi connectivity index (χ4n) is 2.21. The van der Waals surface area contributed by atoms with Crippen LogP contribution < -0.4 is 0 Å². The molecule has 0 spiro atoms. The Kier molecular flexibility index (Phi) is 2.03. The highest BCUT2D eigenvalue weighted by molar-refractivity contribution is 5.33. The maximum atomic E-state index is 3.91. The molecule has 1 unspecified atom stereocenters. The zero-order valence-electron chi connectivity index (χ0n) is 9.38. The van der Waals surface area contributed by atoms with Gasteiger partial charge in [0.05, 0.1) is 0 Å². The highest BCUT2D eigenvalue weighted by Gasteiger charge is 2.23. The van der Waals surface area contributed by atoms with Gasteiger partial charge in [-0.25, -0.2) is 5.10 Å². The number of rotatable bonds is 1. The molecule has 0 saturated heterocycles. The number of H-pyrrole nitrogens is 1. The van der Waals surface area contributed by atoms with Crippen molar-refractivity contribution < 1.29 is 0 Å². The second-order valence-corrected chi connectivity index (χ2v) is 4.28. The van der Waals surface area contributed by atoms with Crippen molar-refractivity contribution in [3.05, 3.63) is 23.5 Å². The summed E-state index contributed by atoms with van der Waals surface area (Å²) >= 11 is 0. The van der Waals surface area contributed by atoms with Gasteiger partial charge in [0, 0.05) is 25.0 Å². The molecule has 0 fully saturated rings. The molecule has 0 amide bonds. The van der Waals surface area contributed by atoms with E-state index in [0.717, 1.165) is 13.0 Å². The summed E-state index contributed by atoms with van der Waals surface area (Å²) in [6.45, 7) is 3.33. The van der Waals surface area contributed by atoms with E-state index in [-0.39, 0.29) is 0 Å². The van der Waals surface area contributed by atoms with Gasteiger partial charge in [-0.3, -0.25) is 9.47 Å². The number of fused-ring (bicyclic) bond motifs is 1. The number of hydrogen-bond acceptors (Lipinski definition) is 4. The Morgan fingerprint density at radius 3 is 3.06 bits per heavy atom. The average Bonchev–Trinajstić information content (AvgIpc) is 2.91. The van der Waals surface area contributed by atoms with Gasteiger partial charge in [-0.05, 0) is 41.9 Å². The van der Waals surface area contributed by atoms with Crippen molar-refractivity contribution in [2.45, 2.75) is 19.4 Å². The fourth-order valence-corrected chi connectivity index (χ4v) is 2.21. The Bertz CT molecular complexity index is 485. The number of nitrogens with one attached hydrogen (secondary N) is 1. The molecule has 3 heterocycles.